The molecule has 2 amide bonds. The van der Waals surface area contributed by atoms with Crippen molar-refractivity contribution in [2.24, 2.45) is 11.8 Å². The molecule has 4 heterocycles. The van der Waals surface area contributed by atoms with Gasteiger partial charge in [0.1, 0.15) is 6.04 Å². The number of thioether (sulfide) groups is 1. The Balaban J connectivity index is 1.86. The Bertz CT molecular complexity index is 871. The molecule has 0 saturated carbocycles. The summed E-state index contributed by atoms with van der Waals surface area (Å²) >= 11 is 1.56. The number of carbonyl (C=O) groups excluding carboxylic acids is 3. The third-order valence-corrected chi connectivity index (χ3v) is 9.68. The van der Waals surface area contributed by atoms with Crippen LogP contribution in [0.25, 0.3) is 0 Å². The zero-order valence-electron chi connectivity index (χ0n) is 20.6. The highest BCUT2D eigenvalue weighted by atomic mass is 32.2. The van der Waals surface area contributed by atoms with E-state index in [1.807, 2.05) is 30.9 Å². The predicted octanol–water partition coefficient (Wildman–Crippen LogP) is 2.93. The first-order valence-corrected chi connectivity index (χ1v) is 13.6. The van der Waals surface area contributed by atoms with Crippen LogP contribution >= 0.6 is 11.8 Å². The van der Waals surface area contributed by atoms with Gasteiger partial charge in [-0.25, -0.2) is 0 Å². The summed E-state index contributed by atoms with van der Waals surface area (Å²) in [5, 5.41) is 10.2. The molecular weight excluding hydrogens is 452 g/mol. The minimum absolute atomic E-state index is 0.0848. The maximum absolute atomic E-state index is 14.1. The molecule has 4 rings (SSSR count). The first-order valence-electron chi connectivity index (χ1n) is 12.8. The van der Waals surface area contributed by atoms with E-state index in [4.69, 9.17) is 4.74 Å². The van der Waals surface area contributed by atoms with Crippen molar-refractivity contribution in [2.45, 2.75) is 80.9 Å². The molecule has 0 aromatic heterocycles. The van der Waals surface area contributed by atoms with Gasteiger partial charge in [0.05, 0.1) is 35.8 Å². The van der Waals surface area contributed by atoms with E-state index in [-0.39, 0.29) is 24.4 Å². The normalized spacial score (nSPS) is 37.5. The van der Waals surface area contributed by atoms with Crippen LogP contribution in [0.4, 0.5) is 0 Å². The summed E-state index contributed by atoms with van der Waals surface area (Å²) in [4.78, 5) is 45.1. The van der Waals surface area contributed by atoms with Crippen LogP contribution in [0.2, 0.25) is 0 Å². The van der Waals surface area contributed by atoms with Crippen molar-refractivity contribution in [1.29, 1.82) is 0 Å². The molecule has 2 fully saturated rings. The summed E-state index contributed by atoms with van der Waals surface area (Å²) in [5.74, 6) is -2.07. The lowest BCUT2D eigenvalue weighted by molar-refractivity contribution is -0.154. The van der Waals surface area contributed by atoms with E-state index < -0.39 is 33.4 Å². The number of nitrogens with zero attached hydrogens (tertiary/aromatic N) is 2. The molecule has 1 N–H and O–H groups in total. The van der Waals surface area contributed by atoms with Gasteiger partial charge in [0.15, 0.2) is 0 Å². The van der Waals surface area contributed by atoms with E-state index in [2.05, 4.69) is 19.1 Å². The van der Waals surface area contributed by atoms with Gasteiger partial charge in [-0.15, -0.1) is 11.8 Å². The fourth-order valence-electron chi connectivity index (χ4n) is 6.14. The standard InChI is InChI=1S/C26H38N2O5S/c1-4-6-14-27-15-11-13-26-19(22(30)28(18(5-2)17-29)21(26)23(27)31)20-24(32)33-16-10-8-7-9-12-25(20,3)34-26/h9,11-13,18-21,29H,4-8,10,14-17H2,1-3H3/b12-9-/t18-,19-,20+,21?,25-,26-/m0/s1. The molecule has 8 heteroatoms. The van der Waals surface area contributed by atoms with E-state index in [0.717, 1.165) is 32.1 Å². The molecule has 6 atom stereocenters. The molecule has 7 nitrogen and oxygen atoms in total. The Labute approximate surface area is 206 Å². The molecule has 4 aliphatic heterocycles. The highest BCUT2D eigenvalue weighted by Gasteiger charge is 2.74. The molecule has 1 unspecified atom stereocenters. The number of aliphatic hydroxyl groups excluding tert-OH is 1. The largest absolute Gasteiger partial charge is 0.465 e. The van der Waals surface area contributed by atoms with Crippen LogP contribution in [0.5, 0.6) is 0 Å². The highest BCUT2D eigenvalue weighted by Crippen LogP contribution is 2.65. The number of carbonyl (C=O) groups is 3. The average Bonchev–Trinajstić information content (AvgIpc) is 3.15. The summed E-state index contributed by atoms with van der Waals surface area (Å²) in [6.45, 7) is 7.26. The topological polar surface area (TPSA) is 87.2 Å². The maximum Gasteiger partial charge on any atom is 0.311 e. The summed E-state index contributed by atoms with van der Waals surface area (Å²) in [7, 11) is 0. The smallest absolute Gasteiger partial charge is 0.311 e. The van der Waals surface area contributed by atoms with Gasteiger partial charge in [-0.05, 0) is 39.0 Å². The third kappa shape index (κ3) is 4.00. The van der Waals surface area contributed by atoms with E-state index >= 15 is 0 Å². The van der Waals surface area contributed by atoms with Gasteiger partial charge in [0.2, 0.25) is 11.8 Å². The van der Waals surface area contributed by atoms with Crippen LogP contribution < -0.4 is 0 Å². The van der Waals surface area contributed by atoms with Gasteiger partial charge in [-0.1, -0.05) is 44.6 Å². The van der Waals surface area contributed by atoms with Crippen LogP contribution in [0.1, 0.15) is 59.3 Å². The maximum atomic E-state index is 14.1. The lowest BCUT2D eigenvalue weighted by Gasteiger charge is -2.39. The van der Waals surface area contributed by atoms with Crippen molar-refractivity contribution >= 4 is 29.5 Å². The van der Waals surface area contributed by atoms with Crippen molar-refractivity contribution in [1.82, 2.24) is 9.80 Å². The van der Waals surface area contributed by atoms with Gasteiger partial charge < -0.3 is 19.6 Å². The van der Waals surface area contributed by atoms with Gasteiger partial charge in [0, 0.05) is 17.8 Å². The predicted molar refractivity (Wildman–Crippen MR) is 132 cm³/mol. The number of ether oxygens (including phenoxy) is 1. The molecule has 1 spiro atoms. The Hall–Kier alpha value is -1.80. The number of unbranched alkanes of at least 4 members (excludes halogenated alkanes) is 1. The molecule has 0 radical (unpaired) electrons. The Kier molecular flexibility index (Phi) is 7.48. The third-order valence-electron chi connectivity index (χ3n) is 7.88. The first kappa shape index (κ1) is 25.3. The second-order valence-electron chi connectivity index (χ2n) is 10.1. The number of amides is 2. The quantitative estimate of drug-likeness (QED) is 0.455. The lowest BCUT2D eigenvalue weighted by Crippen LogP contribution is -2.56. The van der Waals surface area contributed by atoms with Crippen molar-refractivity contribution in [3.8, 4) is 0 Å². The SMILES string of the molecule is CCCCN1CC=C[C@]23S[C@@]4(C)/C=C\CCCCOC(=O)[C@H]4[C@H]2C(=O)N([C@@H](CC)CO)C3C1=O. The highest BCUT2D eigenvalue weighted by molar-refractivity contribution is 8.02. The molecular formula is C26H38N2O5S. The molecule has 4 aliphatic rings. The molecule has 0 aromatic rings. The number of allylic oxidation sites excluding steroid dienone is 1. The monoisotopic (exact) mass is 490 g/mol. The fourth-order valence-corrected chi connectivity index (χ4v) is 8.28. The number of hydrogen-bond donors (Lipinski definition) is 1. The van der Waals surface area contributed by atoms with Gasteiger partial charge >= 0.3 is 5.97 Å². The number of fused-ring (bicyclic) bond motifs is 2. The Morgan fingerprint density at radius 1 is 1.15 bits per heavy atom. The number of aliphatic hydroxyl groups is 1. The molecule has 34 heavy (non-hydrogen) atoms. The summed E-state index contributed by atoms with van der Waals surface area (Å²) in [6, 6.07) is -1.22. The second-order valence-corrected chi connectivity index (χ2v) is 11.9. The summed E-state index contributed by atoms with van der Waals surface area (Å²) in [5.41, 5.74) is 0. The molecule has 0 aliphatic carbocycles. The van der Waals surface area contributed by atoms with E-state index in [9.17, 15) is 19.5 Å². The van der Waals surface area contributed by atoms with E-state index in [0.29, 0.717) is 26.1 Å². The number of likely N-dealkylation sites (tertiary alicyclic amines) is 1. The van der Waals surface area contributed by atoms with Crippen molar-refractivity contribution < 1.29 is 24.2 Å². The van der Waals surface area contributed by atoms with Crippen LogP contribution in [0.3, 0.4) is 0 Å². The van der Waals surface area contributed by atoms with Crippen LogP contribution in [0, 0.1) is 11.8 Å². The Morgan fingerprint density at radius 2 is 1.94 bits per heavy atom. The number of esters is 1. The minimum atomic E-state index is -0.880. The van der Waals surface area contributed by atoms with Gasteiger partial charge in [-0.2, -0.15) is 0 Å². The van der Waals surface area contributed by atoms with E-state index in [1.54, 1.807) is 16.7 Å². The fraction of sp³-hybridized carbons (Fsp3) is 0.731. The minimum Gasteiger partial charge on any atom is -0.465 e. The van der Waals surface area contributed by atoms with Crippen molar-refractivity contribution in [2.75, 3.05) is 26.3 Å². The summed E-state index contributed by atoms with van der Waals surface area (Å²) in [6.07, 6.45) is 13.2. The van der Waals surface area contributed by atoms with Crippen LogP contribution in [0.15, 0.2) is 24.3 Å². The summed E-state index contributed by atoms with van der Waals surface area (Å²) < 4.78 is 4.14. The van der Waals surface area contributed by atoms with Crippen molar-refractivity contribution in [3.63, 3.8) is 0 Å². The Morgan fingerprint density at radius 3 is 2.65 bits per heavy atom. The van der Waals surface area contributed by atoms with Gasteiger partial charge in [0.25, 0.3) is 0 Å². The second kappa shape index (κ2) is 10.1. The lowest BCUT2D eigenvalue weighted by atomic mass is 9.74. The molecule has 0 bridgehead atoms. The zero-order chi connectivity index (χ0) is 24.5. The van der Waals surface area contributed by atoms with Crippen LogP contribution in [-0.2, 0) is 19.1 Å². The zero-order valence-corrected chi connectivity index (χ0v) is 21.4. The van der Waals surface area contributed by atoms with Crippen LogP contribution in [-0.4, -0.2) is 80.6 Å². The molecule has 2 saturated heterocycles. The number of hydrogen-bond acceptors (Lipinski definition) is 6. The number of cyclic esters (lactones) is 1. The van der Waals surface area contributed by atoms with E-state index in [1.165, 1.54) is 0 Å². The molecule has 0 aromatic carbocycles. The molecule has 188 valence electrons. The first-order chi connectivity index (χ1) is 16.3. The number of rotatable bonds is 6. The van der Waals surface area contributed by atoms with Crippen molar-refractivity contribution in [3.05, 3.63) is 24.3 Å². The average molecular weight is 491 g/mol. The van der Waals surface area contributed by atoms with Gasteiger partial charge in [-0.3, -0.25) is 14.4 Å².